The summed E-state index contributed by atoms with van der Waals surface area (Å²) in [6.45, 7) is 6.58. The van der Waals surface area contributed by atoms with Crippen LogP contribution in [0.25, 0.3) is 0 Å². The predicted molar refractivity (Wildman–Crippen MR) is 88.5 cm³/mol. The maximum Gasteiger partial charge on any atom is 0.340 e. The van der Waals surface area contributed by atoms with Crippen LogP contribution in [0.2, 0.25) is 5.02 Å². The molecule has 1 N–H and O–H groups in total. The Hall–Kier alpha value is -0.770. The average molecular weight is 332 g/mol. The second kappa shape index (κ2) is 7.48. The normalized spacial score (nSPS) is 18.8. The van der Waals surface area contributed by atoms with Gasteiger partial charge in [-0.05, 0) is 57.9 Å². The van der Waals surface area contributed by atoms with Gasteiger partial charge in [-0.2, -0.15) is 0 Å². The Labute approximate surface area is 137 Å². The molecule has 118 valence electrons. The second-order valence-electron chi connectivity index (χ2n) is 6.24. The molecule has 0 aromatic heterocycles. The van der Waals surface area contributed by atoms with E-state index in [-0.39, 0.29) is 18.4 Å². The second-order valence-corrected chi connectivity index (χ2v) is 6.65. The summed E-state index contributed by atoms with van der Waals surface area (Å²) in [6.07, 6.45) is 3.51. The van der Waals surface area contributed by atoms with Crippen molar-refractivity contribution in [2.24, 2.45) is 0 Å². The highest BCUT2D eigenvalue weighted by Crippen LogP contribution is 2.27. The van der Waals surface area contributed by atoms with E-state index < -0.39 is 5.60 Å². The molecule has 1 aliphatic rings. The van der Waals surface area contributed by atoms with Crippen molar-refractivity contribution in [1.82, 2.24) is 5.32 Å². The number of piperidine rings is 1. The van der Waals surface area contributed by atoms with Crippen molar-refractivity contribution in [1.29, 1.82) is 0 Å². The van der Waals surface area contributed by atoms with Gasteiger partial charge in [-0.25, -0.2) is 4.79 Å². The summed E-state index contributed by atoms with van der Waals surface area (Å²) in [4.78, 5) is 12.2. The van der Waals surface area contributed by atoms with Crippen LogP contribution >= 0.6 is 24.0 Å². The number of carbonyl (C=O) groups is 1. The van der Waals surface area contributed by atoms with Crippen LogP contribution in [0.4, 0.5) is 0 Å². The topological polar surface area (TPSA) is 38.3 Å². The van der Waals surface area contributed by atoms with Crippen LogP contribution in [-0.4, -0.2) is 18.1 Å². The number of carbonyl (C=O) groups excluding carboxylic acids is 1. The molecule has 0 amide bonds. The van der Waals surface area contributed by atoms with Gasteiger partial charge in [-0.1, -0.05) is 24.1 Å². The highest BCUT2D eigenvalue weighted by atomic mass is 35.5. The predicted octanol–water partition coefficient (Wildman–Crippen LogP) is 4.53. The van der Waals surface area contributed by atoms with Gasteiger partial charge in [-0.3, -0.25) is 0 Å². The van der Waals surface area contributed by atoms with Gasteiger partial charge in [0.25, 0.3) is 0 Å². The maximum absolute atomic E-state index is 12.2. The fourth-order valence-corrected chi connectivity index (χ4v) is 2.58. The number of hydrogen-bond acceptors (Lipinski definition) is 3. The lowest BCUT2D eigenvalue weighted by Crippen LogP contribution is -2.27. The van der Waals surface area contributed by atoms with E-state index in [9.17, 15) is 4.79 Å². The Kier molecular flexibility index (Phi) is 6.51. The summed E-state index contributed by atoms with van der Waals surface area (Å²) in [6, 6.07) is 5.94. The number of halogens is 2. The van der Waals surface area contributed by atoms with E-state index in [0.29, 0.717) is 16.6 Å². The van der Waals surface area contributed by atoms with Crippen molar-refractivity contribution in [2.45, 2.75) is 51.7 Å². The molecule has 2 rings (SSSR count). The summed E-state index contributed by atoms with van der Waals surface area (Å²) < 4.78 is 5.40. The highest BCUT2D eigenvalue weighted by molar-refractivity contribution is 6.33. The van der Waals surface area contributed by atoms with E-state index in [0.717, 1.165) is 18.5 Å². The molecule has 1 aromatic carbocycles. The Balaban J connectivity index is 0.00000220. The van der Waals surface area contributed by atoms with Crippen LogP contribution in [0, 0.1) is 0 Å². The largest absolute Gasteiger partial charge is 0.456 e. The molecule has 1 unspecified atom stereocenters. The first-order valence-corrected chi connectivity index (χ1v) is 7.51. The Morgan fingerprint density at radius 2 is 2.05 bits per heavy atom. The van der Waals surface area contributed by atoms with Gasteiger partial charge in [0.05, 0.1) is 10.6 Å². The molecule has 0 saturated carbocycles. The molecule has 1 fully saturated rings. The lowest BCUT2D eigenvalue weighted by Gasteiger charge is -2.25. The molecule has 5 heteroatoms. The number of ether oxygens (including phenoxy) is 1. The molecule has 0 radical (unpaired) electrons. The number of nitrogens with one attached hydrogen (secondary N) is 1. The minimum Gasteiger partial charge on any atom is -0.456 e. The van der Waals surface area contributed by atoms with Crippen LogP contribution in [-0.2, 0) is 4.74 Å². The van der Waals surface area contributed by atoms with E-state index >= 15 is 0 Å². The van der Waals surface area contributed by atoms with Gasteiger partial charge in [0, 0.05) is 6.04 Å². The molecule has 0 bridgehead atoms. The minimum absolute atomic E-state index is 0. The number of esters is 1. The van der Waals surface area contributed by atoms with Crippen LogP contribution < -0.4 is 5.32 Å². The molecular weight excluding hydrogens is 309 g/mol. The van der Waals surface area contributed by atoms with E-state index in [4.69, 9.17) is 16.3 Å². The smallest absolute Gasteiger partial charge is 0.340 e. The summed E-state index contributed by atoms with van der Waals surface area (Å²) >= 11 is 6.14. The molecule has 1 saturated heterocycles. The SMILES string of the molecule is CC(C)(C)OC(=O)c1cc(C2CCCCN2)ccc1Cl.Cl. The number of rotatable bonds is 2. The molecule has 1 heterocycles. The average Bonchev–Trinajstić information content (AvgIpc) is 2.38. The zero-order valence-corrected chi connectivity index (χ0v) is 14.3. The van der Waals surface area contributed by atoms with Crippen molar-refractivity contribution in [3.63, 3.8) is 0 Å². The first-order valence-electron chi connectivity index (χ1n) is 7.13. The van der Waals surface area contributed by atoms with Crippen LogP contribution in [0.5, 0.6) is 0 Å². The molecule has 21 heavy (non-hydrogen) atoms. The summed E-state index contributed by atoms with van der Waals surface area (Å²) in [7, 11) is 0. The number of hydrogen-bond donors (Lipinski definition) is 1. The van der Waals surface area contributed by atoms with Gasteiger partial charge >= 0.3 is 5.97 Å². The van der Waals surface area contributed by atoms with Crippen molar-refractivity contribution in [3.05, 3.63) is 34.3 Å². The van der Waals surface area contributed by atoms with Crippen molar-refractivity contribution < 1.29 is 9.53 Å². The zero-order valence-electron chi connectivity index (χ0n) is 12.7. The quantitative estimate of drug-likeness (QED) is 0.809. The van der Waals surface area contributed by atoms with E-state index in [1.165, 1.54) is 12.8 Å². The van der Waals surface area contributed by atoms with Crippen molar-refractivity contribution >= 4 is 30.0 Å². The third-order valence-corrected chi connectivity index (χ3v) is 3.65. The fraction of sp³-hybridized carbons (Fsp3) is 0.562. The molecule has 3 nitrogen and oxygen atoms in total. The maximum atomic E-state index is 12.2. The third kappa shape index (κ3) is 5.17. The monoisotopic (exact) mass is 331 g/mol. The first-order chi connectivity index (χ1) is 9.37. The van der Waals surface area contributed by atoms with Crippen LogP contribution in [0.1, 0.15) is 62.0 Å². The van der Waals surface area contributed by atoms with Crippen molar-refractivity contribution in [3.8, 4) is 0 Å². The van der Waals surface area contributed by atoms with Gasteiger partial charge in [0.15, 0.2) is 0 Å². The van der Waals surface area contributed by atoms with Gasteiger partial charge in [0.2, 0.25) is 0 Å². The Morgan fingerprint density at radius 3 is 2.62 bits per heavy atom. The number of benzene rings is 1. The summed E-state index contributed by atoms with van der Waals surface area (Å²) in [5.41, 5.74) is 1.04. The molecule has 1 aromatic rings. The third-order valence-electron chi connectivity index (χ3n) is 3.32. The summed E-state index contributed by atoms with van der Waals surface area (Å²) in [5.74, 6) is -0.361. The molecule has 0 spiro atoms. The zero-order chi connectivity index (χ0) is 14.8. The lowest BCUT2D eigenvalue weighted by atomic mass is 9.96. The van der Waals surface area contributed by atoms with Gasteiger partial charge < -0.3 is 10.1 Å². The molecule has 0 aliphatic carbocycles. The highest BCUT2D eigenvalue weighted by Gasteiger charge is 2.22. The van der Waals surface area contributed by atoms with Crippen molar-refractivity contribution in [2.75, 3.05) is 6.54 Å². The Morgan fingerprint density at radius 1 is 1.33 bits per heavy atom. The van der Waals surface area contributed by atoms with Gasteiger partial charge in [0.1, 0.15) is 5.60 Å². The standard InChI is InChI=1S/C16H22ClNO2.ClH/c1-16(2,3)20-15(19)12-10-11(7-8-13(12)17)14-6-4-5-9-18-14;/h7-8,10,14,18H,4-6,9H2,1-3H3;1H. The van der Waals surface area contributed by atoms with E-state index in [1.54, 1.807) is 6.07 Å². The molecule has 1 atom stereocenters. The van der Waals surface area contributed by atoms with E-state index in [2.05, 4.69) is 5.32 Å². The van der Waals surface area contributed by atoms with Gasteiger partial charge in [-0.15, -0.1) is 12.4 Å². The molecule has 1 aliphatic heterocycles. The molecular formula is C16H23Cl2NO2. The fourth-order valence-electron chi connectivity index (χ4n) is 2.39. The Bertz CT molecular complexity index is 492. The first kappa shape index (κ1) is 18.3. The summed E-state index contributed by atoms with van der Waals surface area (Å²) in [5, 5.41) is 3.92. The van der Waals surface area contributed by atoms with E-state index in [1.807, 2.05) is 32.9 Å². The minimum atomic E-state index is -0.514. The van der Waals surface area contributed by atoms with Crippen LogP contribution in [0.15, 0.2) is 18.2 Å². The van der Waals surface area contributed by atoms with Crippen LogP contribution in [0.3, 0.4) is 0 Å². The lowest BCUT2D eigenvalue weighted by molar-refractivity contribution is 0.00696.